The highest BCUT2D eigenvalue weighted by Crippen LogP contribution is 2.13. The molecule has 0 aromatic heterocycles. The Morgan fingerprint density at radius 2 is 2.05 bits per heavy atom. The molecular weight excluding hydrogens is 240 g/mol. The highest BCUT2D eigenvalue weighted by molar-refractivity contribution is 5.72. The summed E-state index contributed by atoms with van der Waals surface area (Å²) in [5.74, 6) is 0. The molecule has 100 valence electrons. The molecule has 1 aromatic carbocycles. The minimum Gasteiger partial charge on any atom is -0.452 e. The van der Waals surface area contributed by atoms with Gasteiger partial charge in [-0.2, -0.15) is 5.10 Å². The van der Waals surface area contributed by atoms with Crippen molar-refractivity contribution >= 4 is 18.4 Å². The van der Waals surface area contributed by atoms with E-state index in [0.717, 1.165) is 5.56 Å². The van der Waals surface area contributed by atoms with Crippen molar-refractivity contribution < 1.29 is 9.53 Å². The van der Waals surface area contributed by atoms with Crippen LogP contribution in [0.25, 0.3) is 6.08 Å². The lowest BCUT2D eigenvalue weighted by molar-refractivity contribution is 0.171. The number of nitrogens with zero attached hydrogens (tertiary/aromatic N) is 1. The number of hydrazone groups is 1. The maximum atomic E-state index is 10.8. The summed E-state index contributed by atoms with van der Waals surface area (Å²) in [6.45, 7) is 3.92. The van der Waals surface area contributed by atoms with Crippen LogP contribution in [-0.2, 0) is 4.74 Å². The van der Waals surface area contributed by atoms with Crippen LogP contribution in [0.15, 0.2) is 47.2 Å². The van der Waals surface area contributed by atoms with E-state index >= 15 is 0 Å². The topological polar surface area (TPSA) is 50.7 Å². The summed E-state index contributed by atoms with van der Waals surface area (Å²) < 4.78 is 4.41. The van der Waals surface area contributed by atoms with Gasteiger partial charge in [0.05, 0.1) is 7.11 Å². The standard InChI is InChI=1S/C15H18N2O2/c1-15(2,12-16-17-14(18)19-3)11-7-10-13-8-5-4-6-9-13/h4-6,8-12H,1-3H3,(H,17,18)/b16-12+. The Morgan fingerprint density at radius 1 is 1.37 bits per heavy atom. The van der Waals surface area contributed by atoms with Crippen LogP contribution in [0.3, 0.4) is 0 Å². The maximum Gasteiger partial charge on any atom is 0.427 e. The minimum absolute atomic E-state index is 0.313. The first-order valence-corrected chi connectivity index (χ1v) is 5.90. The molecule has 0 saturated carbocycles. The van der Waals surface area contributed by atoms with E-state index in [2.05, 4.69) is 21.0 Å². The van der Waals surface area contributed by atoms with Gasteiger partial charge in [0.15, 0.2) is 0 Å². The minimum atomic E-state index is -0.587. The van der Waals surface area contributed by atoms with Gasteiger partial charge in [-0.1, -0.05) is 44.2 Å². The smallest absolute Gasteiger partial charge is 0.427 e. The molecule has 0 saturated heterocycles. The molecule has 0 unspecified atom stereocenters. The van der Waals surface area contributed by atoms with Gasteiger partial charge in [-0.25, -0.2) is 10.2 Å². The van der Waals surface area contributed by atoms with E-state index in [1.54, 1.807) is 6.21 Å². The van der Waals surface area contributed by atoms with E-state index in [-0.39, 0.29) is 5.41 Å². The van der Waals surface area contributed by atoms with E-state index in [0.29, 0.717) is 0 Å². The Bertz CT molecular complexity index is 498. The van der Waals surface area contributed by atoms with Crippen molar-refractivity contribution in [3.05, 3.63) is 47.7 Å². The molecule has 0 aliphatic heterocycles. The summed E-state index contributed by atoms with van der Waals surface area (Å²) in [6.07, 6.45) is 4.80. The second kappa shape index (κ2) is 7.19. The lowest BCUT2D eigenvalue weighted by Gasteiger charge is -2.11. The van der Waals surface area contributed by atoms with Crippen LogP contribution in [0, 0.1) is 5.41 Å². The van der Waals surface area contributed by atoms with Gasteiger partial charge in [0, 0.05) is 11.6 Å². The van der Waals surface area contributed by atoms with Crippen molar-refractivity contribution in [3.8, 4) is 0 Å². The van der Waals surface area contributed by atoms with Crippen LogP contribution >= 0.6 is 0 Å². The molecule has 0 spiro atoms. The SMILES string of the molecule is COC(=O)N/N=C/C(C)(C)C=C=Cc1ccccc1. The number of benzene rings is 1. The van der Waals surface area contributed by atoms with Crippen molar-refractivity contribution in [2.45, 2.75) is 13.8 Å². The van der Waals surface area contributed by atoms with Crippen molar-refractivity contribution in [3.63, 3.8) is 0 Å². The predicted molar refractivity (Wildman–Crippen MR) is 76.8 cm³/mol. The van der Waals surface area contributed by atoms with Gasteiger partial charge in [-0.15, -0.1) is 5.73 Å². The molecule has 0 fully saturated rings. The molecule has 1 N–H and O–H groups in total. The van der Waals surface area contributed by atoms with Gasteiger partial charge < -0.3 is 4.74 Å². The quantitative estimate of drug-likeness (QED) is 0.512. The second-order valence-corrected chi connectivity index (χ2v) is 4.55. The Hall–Kier alpha value is -2.32. The Kier molecular flexibility index (Phi) is 5.58. The first-order chi connectivity index (χ1) is 9.03. The van der Waals surface area contributed by atoms with Gasteiger partial charge >= 0.3 is 6.09 Å². The molecule has 0 atom stereocenters. The maximum absolute atomic E-state index is 10.8. The third-order valence-electron chi connectivity index (χ3n) is 2.24. The number of hydrogen-bond donors (Lipinski definition) is 1. The number of hydrogen-bond acceptors (Lipinski definition) is 3. The number of carbonyl (C=O) groups is 1. The monoisotopic (exact) mass is 258 g/mol. The van der Waals surface area contributed by atoms with Crippen LogP contribution in [0.1, 0.15) is 19.4 Å². The molecule has 1 amide bonds. The summed E-state index contributed by atoms with van der Waals surface area (Å²) in [5.41, 5.74) is 6.13. The molecular formula is C15H18N2O2. The number of carbonyl (C=O) groups excluding carboxylic acids is 1. The van der Waals surface area contributed by atoms with Crippen LogP contribution in [0.2, 0.25) is 0 Å². The summed E-state index contributed by atoms with van der Waals surface area (Å²) in [4.78, 5) is 10.8. The predicted octanol–water partition coefficient (Wildman–Crippen LogP) is 3.22. The third kappa shape index (κ3) is 6.24. The summed E-state index contributed by atoms with van der Waals surface area (Å²) in [6, 6.07) is 9.92. The van der Waals surface area contributed by atoms with Gasteiger partial charge in [0.1, 0.15) is 0 Å². The lowest BCUT2D eigenvalue weighted by atomic mass is 9.95. The molecule has 0 heterocycles. The first kappa shape index (κ1) is 14.7. The number of rotatable bonds is 4. The lowest BCUT2D eigenvalue weighted by Crippen LogP contribution is -2.19. The van der Waals surface area contributed by atoms with Crippen LogP contribution in [0.4, 0.5) is 4.79 Å². The zero-order valence-electron chi connectivity index (χ0n) is 11.4. The van der Waals surface area contributed by atoms with Crippen molar-refractivity contribution in [2.75, 3.05) is 7.11 Å². The van der Waals surface area contributed by atoms with Gasteiger partial charge in [0.2, 0.25) is 0 Å². The summed E-state index contributed by atoms with van der Waals surface area (Å²) in [7, 11) is 1.29. The average molecular weight is 258 g/mol. The van der Waals surface area contributed by atoms with E-state index < -0.39 is 6.09 Å². The number of nitrogens with one attached hydrogen (secondary N) is 1. The van der Waals surface area contributed by atoms with Gasteiger partial charge in [-0.05, 0) is 17.7 Å². The molecule has 0 radical (unpaired) electrons. The van der Waals surface area contributed by atoms with E-state index in [9.17, 15) is 4.79 Å². The zero-order valence-corrected chi connectivity index (χ0v) is 11.4. The largest absolute Gasteiger partial charge is 0.452 e. The number of allylic oxidation sites excluding steroid dienone is 1. The fourth-order valence-electron chi connectivity index (χ4n) is 1.24. The van der Waals surface area contributed by atoms with E-state index in [4.69, 9.17) is 0 Å². The summed E-state index contributed by atoms with van der Waals surface area (Å²) >= 11 is 0. The fourth-order valence-corrected chi connectivity index (χ4v) is 1.24. The van der Waals surface area contributed by atoms with Crippen LogP contribution < -0.4 is 5.43 Å². The molecule has 0 aliphatic rings. The first-order valence-electron chi connectivity index (χ1n) is 5.90. The van der Waals surface area contributed by atoms with E-state index in [1.807, 2.05) is 56.3 Å². The molecule has 4 heteroatoms. The molecule has 1 aromatic rings. The molecule has 1 rings (SSSR count). The highest BCUT2D eigenvalue weighted by Gasteiger charge is 2.09. The third-order valence-corrected chi connectivity index (χ3v) is 2.24. The fraction of sp³-hybridized carbons (Fsp3) is 0.267. The number of ether oxygens (including phenoxy) is 1. The van der Waals surface area contributed by atoms with Crippen LogP contribution in [0.5, 0.6) is 0 Å². The second-order valence-electron chi connectivity index (χ2n) is 4.55. The Labute approximate surface area is 113 Å². The van der Waals surface area contributed by atoms with E-state index in [1.165, 1.54) is 7.11 Å². The Morgan fingerprint density at radius 3 is 2.68 bits per heavy atom. The molecule has 0 bridgehead atoms. The van der Waals surface area contributed by atoms with Crippen molar-refractivity contribution in [2.24, 2.45) is 10.5 Å². The van der Waals surface area contributed by atoms with Gasteiger partial charge in [0.25, 0.3) is 0 Å². The summed E-state index contributed by atoms with van der Waals surface area (Å²) in [5, 5.41) is 3.80. The molecule has 19 heavy (non-hydrogen) atoms. The van der Waals surface area contributed by atoms with Crippen molar-refractivity contribution in [1.82, 2.24) is 5.43 Å². The number of amides is 1. The normalized spacial score (nSPS) is 10.7. The highest BCUT2D eigenvalue weighted by atomic mass is 16.5. The van der Waals surface area contributed by atoms with Crippen molar-refractivity contribution in [1.29, 1.82) is 0 Å². The van der Waals surface area contributed by atoms with Gasteiger partial charge in [-0.3, -0.25) is 0 Å². The number of methoxy groups -OCH3 is 1. The van der Waals surface area contributed by atoms with Crippen LogP contribution in [-0.4, -0.2) is 19.4 Å². The molecule has 4 nitrogen and oxygen atoms in total. The molecule has 0 aliphatic carbocycles. The Balaban J connectivity index is 2.63. The average Bonchev–Trinajstić information content (AvgIpc) is 2.39. The zero-order chi connectivity index (χ0) is 14.1.